The third kappa shape index (κ3) is 4.48. The number of thiocarbonyl (C=S) groups is 1. The third-order valence-electron chi connectivity index (χ3n) is 4.26. The van der Waals surface area contributed by atoms with E-state index in [-0.39, 0.29) is 10.7 Å². The predicted molar refractivity (Wildman–Crippen MR) is 111 cm³/mol. The summed E-state index contributed by atoms with van der Waals surface area (Å²) in [7, 11) is 0. The van der Waals surface area contributed by atoms with E-state index in [4.69, 9.17) is 21.4 Å². The van der Waals surface area contributed by atoms with Gasteiger partial charge in [0.25, 0.3) is 11.8 Å². The molecule has 0 unspecified atom stereocenters. The Balaban J connectivity index is 1.78. The number of benzene rings is 1. The van der Waals surface area contributed by atoms with Crippen molar-refractivity contribution < 1.29 is 18.7 Å². The minimum Gasteiger partial charge on any atom is -0.494 e. The summed E-state index contributed by atoms with van der Waals surface area (Å²) in [5, 5.41) is 2.60. The molecule has 7 heteroatoms. The van der Waals surface area contributed by atoms with Crippen molar-refractivity contribution in [1.82, 2.24) is 5.32 Å². The Morgan fingerprint density at radius 1 is 1.14 bits per heavy atom. The van der Waals surface area contributed by atoms with Crippen molar-refractivity contribution in [1.29, 1.82) is 0 Å². The molecule has 2 heterocycles. The first kappa shape index (κ1) is 19.8. The van der Waals surface area contributed by atoms with Crippen molar-refractivity contribution in [2.45, 2.75) is 33.1 Å². The Labute approximate surface area is 169 Å². The molecule has 1 aromatic carbocycles. The number of hydrogen-bond donors (Lipinski definition) is 1. The number of unbranched alkanes of at least 4 members (excludes halogenated alkanes) is 2. The molecule has 0 saturated carbocycles. The first-order chi connectivity index (χ1) is 13.5. The normalized spacial score (nSPS) is 15.9. The van der Waals surface area contributed by atoms with Crippen LogP contribution in [0, 0.1) is 6.92 Å². The van der Waals surface area contributed by atoms with Crippen LogP contribution in [-0.2, 0) is 9.59 Å². The summed E-state index contributed by atoms with van der Waals surface area (Å²) in [6.07, 6.45) is 4.68. The van der Waals surface area contributed by atoms with Crippen LogP contribution in [0.25, 0.3) is 6.08 Å². The van der Waals surface area contributed by atoms with Gasteiger partial charge in [0.15, 0.2) is 5.11 Å². The van der Waals surface area contributed by atoms with Gasteiger partial charge in [-0.05, 0) is 68.0 Å². The maximum atomic E-state index is 12.9. The first-order valence-corrected chi connectivity index (χ1v) is 9.61. The maximum absolute atomic E-state index is 12.9. The average Bonchev–Trinajstić information content (AvgIpc) is 3.08. The van der Waals surface area contributed by atoms with E-state index in [1.165, 1.54) is 11.0 Å². The van der Waals surface area contributed by atoms with E-state index < -0.39 is 11.8 Å². The molecule has 1 aromatic heterocycles. The van der Waals surface area contributed by atoms with Crippen LogP contribution >= 0.6 is 12.2 Å². The Morgan fingerprint density at radius 3 is 2.54 bits per heavy atom. The summed E-state index contributed by atoms with van der Waals surface area (Å²) in [6, 6.07) is 10.5. The molecule has 0 bridgehead atoms. The first-order valence-electron chi connectivity index (χ1n) is 9.20. The number of carbonyl (C=O) groups excluding carboxylic acids is 2. The summed E-state index contributed by atoms with van der Waals surface area (Å²) in [5.41, 5.74) is 0.514. The number of rotatable bonds is 7. The van der Waals surface area contributed by atoms with Crippen LogP contribution in [0.5, 0.6) is 5.75 Å². The van der Waals surface area contributed by atoms with Gasteiger partial charge in [-0.1, -0.05) is 19.8 Å². The summed E-state index contributed by atoms with van der Waals surface area (Å²) in [5.74, 6) is 0.800. The van der Waals surface area contributed by atoms with E-state index in [1.54, 1.807) is 43.3 Å². The van der Waals surface area contributed by atoms with Gasteiger partial charge in [0.2, 0.25) is 0 Å². The monoisotopic (exact) mass is 398 g/mol. The van der Waals surface area contributed by atoms with Crippen molar-refractivity contribution in [3.63, 3.8) is 0 Å². The van der Waals surface area contributed by atoms with Crippen molar-refractivity contribution in [3.05, 3.63) is 53.5 Å². The molecule has 3 rings (SSSR count). The number of ether oxygens (including phenoxy) is 1. The minimum absolute atomic E-state index is 0.0390. The molecule has 1 N–H and O–H groups in total. The molecular formula is C21H22N2O4S. The molecule has 0 radical (unpaired) electrons. The fraction of sp³-hybridized carbons (Fsp3) is 0.286. The van der Waals surface area contributed by atoms with Gasteiger partial charge in [0.05, 0.1) is 12.3 Å². The zero-order valence-electron chi connectivity index (χ0n) is 15.9. The van der Waals surface area contributed by atoms with Crippen LogP contribution in [0.1, 0.15) is 37.7 Å². The van der Waals surface area contributed by atoms with Gasteiger partial charge in [-0.15, -0.1) is 0 Å². The van der Waals surface area contributed by atoms with E-state index >= 15 is 0 Å². The van der Waals surface area contributed by atoms with Crippen LogP contribution in [0.3, 0.4) is 0 Å². The molecule has 28 heavy (non-hydrogen) atoms. The third-order valence-corrected chi connectivity index (χ3v) is 4.55. The van der Waals surface area contributed by atoms with Gasteiger partial charge >= 0.3 is 0 Å². The second-order valence-electron chi connectivity index (χ2n) is 6.46. The standard InChI is InChI=1S/C21H22N2O4S/c1-3-4-5-12-26-16-10-7-15(8-11-16)23-20(25)18(19(24)22-21(23)28)13-17-9-6-14(2)27-17/h6-11,13H,3-5,12H2,1-2H3,(H,22,24,28). The van der Waals surface area contributed by atoms with E-state index in [0.717, 1.165) is 25.0 Å². The maximum Gasteiger partial charge on any atom is 0.270 e. The molecule has 2 amide bonds. The van der Waals surface area contributed by atoms with Crippen molar-refractivity contribution in [2.75, 3.05) is 11.5 Å². The van der Waals surface area contributed by atoms with Crippen molar-refractivity contribution in [2.24, 2.45) is 0 Å². The SMILES string of the molecule is CCCCCOc1ccc(N2C(=O)C(=Cc3ccc(C)o3)C(=O)NC2=S)cc1. The highest BCUT2D eigenvalue weighted by atomic mass is 32.1. The molecule has 0 aliphatic carbocycles. The average molecular weight is 398 g/mol. The molecule has 0 spiro atoms. The zero-order chi connectivity index (χ0) is 20.1. The highest BCUT2D eigenvalue weighted by molar-refractivity contribution is 7.80. The molecule has 6 nitrogen and oxygen atoms in total. The summed E-state index contributed by atoms with van der Waals surface area (Å²) in [6.45, 7) is 4.58. The van der Waals surface area contributed by atoms with Gasteiger partial charge in [0.1, 0.15) is 22.8 Å². The quantitative estimate of drug-likeness (QED) is 0.330. The van der Waals surface area contributed by atoms with Crippen LogP contribution in [0.15, 0.2) is 46.4 Å². The Kier molecular flexibility index (Phi) is 6.26. The number of nitrogens with zero attached hydrogens (tertiary/aromatic N) is 1. The van der Waals surface area contributed by atoms with E-state index in [9.17, 15) is 9.59 Å². The highest BCUT2D eigenvalue weighted by Crippen LogP contribution is 2.25. The summed E-state index contributed by atoms with van der Waals surface area (Å²) < 4.78 is 11.1. The molecule has 146 valence electrons. The number of nitrogens with one attached hydrogen (secondary N) is 1. The van der Waals surface area contributed by atoms with Crippen molar-refractivity contribution >= 4 is 40.9 Å². The van der Waals surface area contributed by atoms with E-state index in [1.807, 2.05) is 0 Å². The molecule has 0 atom stereocenters. The smallest absolute Gasteiger partial charge is 0.270 e. The molecule has 1 saturated heterocycles. The predicted octanol–water partition coefficient (Wildman–Crippen LogP) is 3.99. The highest BCUT2D eigenvalue weighted by Gasteiger charge is 2.34. The van der Waals surface area contributed by atoms with Crippen molar-refractivity contribution in [3.8, 4) is 5.75 Å². The molecule has 1 fully saturated rings. The van der Waals surface area contributed by atoms with Gasteiger partial charge in [-0.25, -0.2) is 0 Å². The minimum atomic E-state index is -0.545. The lowest BCUT2D eigenvalue weighted by Crippen LogP contribution is -2.54. The van der Waals surface area contributed by atoms with Gasteiger partial charge in [0, 0.05) is 0 Å². The number of amides is 2. The van der Waals surface area contributed by atoms with Crippen LogP contribution in [-0.4, -0.2) is 23.5 Å². The molecule has 1 aliphatic rings. The number of carbonyl (C=O) groups is 2. The van der Waals surface area contributed by atoms with Gasteiger partial charge in [-0.2, -0.15) is 0 Å². The number of hydrogen-bond acceptors (Lipinski definition) is 5. The van der Waals surface area contributed by atoms with E-state index in [2.05, 4.69) is 12.2 Å². The lowest BCUT2D eigenvalue weighted by molar-refractivity contribution is -0.122. The van der Waals surface area contributed by atoms with Crippen LogP contribution in [0.2, 0.25) is 0 Å². The van der Waals surface area contributed by atoms with Crippen LogP contribution in [0.4, 0.5) is 5.69 Å². The Morgan fingerprint density at radius 2 is 1.89 bits per heavy atom. The van der Waals surface area contributed by atoms with Gasteiger partial charge in [-0.3, -0.25) is 19.8 Å². The second kappa shape index (κ2) is 8.84. The van der Waals surface area contributed by atoms with Crippen LogP contribution < -0.4 is 15.0 Å². The lowest BCUT2D eigenvalue weighted by Gasteiger charge is -2.28. The number of aryl methyl sites for hydroxylation is 1. The topological polar surface area (TPSA) is 71.8 Å². The Bertz CT molecular complexity index is 915. The number of furan rings is 1. The second-order valence-corrected chi connectivity index (χ2v) is 6.84. The molecule has 2 aromatic rings. The summed E-state index contributed by atoms with van der Waals surface area (Å²) >= 11 is 5.21. The fourth-order valence-corrected chi connectivity index (χ4v) is 3.08. The number of anilines is 1. The summed E-state index contributed by atoms with van der Waals surface area (Å²) in [4.78, 5) is 26.5. The van der Waals surface area contributed by atoms with E-state index in [0.29, 0.717) is 23.8 Å². The van der Waals surface area contributed by atoms with Gasteiger partial charge < -0.3 is 9.15 Å². The fourth-order valence-electron chi connectivity index (χ4n) is 2.80. The zero-order valence-corrected chi connectivity index (χ0v) is 16.7. The molecular weight excluding hydrogens is 376 g/mol. The Hall–Kier alpha value is -2.93. The largest absolute Gasteiger partial charge is 0.494 e. The molecule has 1 aliphatic heterocycles. The lowest BCUT2D eigenvalue weighted by atomic mass is 10.1.